The molecule has 0 aromatic heterocycles. The van der Waals surface area contributed by atoms with Gasteiger partial charge in [0, 0.05) is 31.7 Å². The molecule has 7 heteroatoms. The Morgan fingerprint density at radius 2 is 1.70 bits per heavy atom. The molecule has 0 saturated carbocycles. The van der Waals surface area contributed by atoms with Crippen LogP contribution in [0.2, 0.25) is 0 Å². The number of hydrogen-bond acceptors (Lipinski definition) is 4. The van der Waals surface area contributed by atoms with Crippen molar-refractivity contribution in [3.8, 4) is 5.75 Å². The molecule has 1 aliphatic heterocycles. The molecule has 0 radical (unpaired) electrons. The van der Waals surface area contributed by atoms with Crippen molar-refractivity contribution in [3.63, 3.8) is 0 Å². The number of sulfonamides is 1. The summed E-state index contributed by atoms with van der Waals surface area (Å²) >= 11 is 0. The minimum atomic E-state index is -3.18. The predicted octanol–water partition coefficient (Wildman–Crippen LogP) is 0.958. The number of carbonyl (C=O) groups excluding carboxylic acids is 1. The minimum absolute atomic E-state index is 0.000274. The summed E-state index contributed by atoms with van der Waals surface area (Å²) in [4.78, 5) is 14.2. The molecule has 1 fully saturated rings. The Morgan fingerprint density at radius 1 is 1.13 bits per heavy atom. The monoisotopic (exact) mass is 340 g/mol. The molecule has 0 spiro atoms. The summed E-state index contributed by atoms with van der Waals surface area (Å²) < 4.78 is 29.8. The van der Waals surface area contributed by atoms with Gasteiger partial charge in [0.15, 0.2) is 0 Å². The van der Waals surface area contributed by atoms with Gasteiger partial charge in [-0.3, -0.25) is 4.79 Å². The first-order chi connectivity index (χ1) is 10.7. The number of hydrogen-bond donors (Lipinski definition) is 0. The average molecular weight is 340 g/mol. The van der Waals surface area contributed by atoms with Gasteiger partial charge in [-0.05, 0) is 31.0 Å². The van der Waals surface area contributed by atoms with Gasteiger partial charge in [-0.2, -0.15) is 4.31 Å². The molecule has 0 unspecified atom stereocenters. The zero-order chi connectivity index (χ0) is 17.2. The van der Waals surface area contributed by atoms with Crippen molar-refractivity contribution in [2.75, 3.05) is 39.5 Å². The summed E-state index contributed by atoms with van der Waals surface area (Å²) in [5.74, 6) is 0.718. The van der Waals surface area contributed by atoms with Gasteiger partial charge in [0.05, 0.1) is 19.8 Å². The van der Waals surface area contributed by atoms with E-state index in [0.717, 1.165) is 22.4 Å². The zero-order valence-electron chi connectivity index (χ0n) is 14.1. The fourth-order valence-electron chi connectivity index (χ4n) is 2.72. The van der Waals surface area contributed by atoms with E-state index in [9.17, 15) is 13.2 Å². The number of rotatable bonds is 4. The van der Waals surface area contributed by atoms with Crippen molar-refractivity contribution in [1.29, 1.82) is 0 Å². The normalized spacial score (nSPS) is 16.4. The summed E-state index contributed by atoms with van der Waals surface area (Å²) in [6.07, 6.45) is 1.47. The minimum Gasteiger partial charge on any atom is -0.496 e. The molecule has 1 heterocycles. The van der Waals surface area contributed by atoms with E-state index in [1.807, 2.05) is 26.0 Å². The van der Waals surface area contributed by atoms with Gasteiger partial charge in [-0.15, -0.1) is 0 Å². The first-order valence-corrected chi connectivity index (χ1v) is 9.44. The molecule has 1 aromatic rings. The van der Waals surface area contributed by atoms with Crippen molar-refractivity contribution in [2.24, 2.45) is 0 Å². The van der Waals surface area contributed by atoms with E-state index in [1.54, 1.807) is 12.0 Å². The lowest BCUT2D eigenvalue weighted by Gasteiger charge is -2.33. The smallest absolute Gasteiger partial charge is 0.227 e. The van der Waals surface area contributed by atoms with E-state index < -0.39 is 10.0 Å². The molecule has 23 heavy (non-hydrogen) atoms. The van der Waals surface area contributed by atoms with Crippen LogP contribution in [0.25, 0.3) is 0 Å². The van der Waals surface area contributed by atoms with E-state index in [1.165, 1.54) is 10.6 Å². The third kappa shape index (κ3) is 4.23. The van der Waals surface area contributed by atoms with Gasteiger partial charge in [-0.25, -0.2) is 8.42 Å². The molecule has 0 bridgehead atoms. The third-order valence-corrected chi connectivity index (χ3v) is 5.60. The molecular weight excluding hydrogens is 316 g/mol. The first kappa shape index (κ1) is 17.7. The van der Waals surface area contributed by atoms with Gasteiger partial charge in [0.25, 0.3) is 0 Å². The van der Waals surface area contributed by atoms with Crippen LogP contribution >= 0.6 is 0 Å². The van der Waals surface area contributed by atoms with Crippen LogP contribution in [0.3, 0.4) is 0 Å². The fraction of sp³-hybridized carbons (Fsp3) is 0.562. The lowest BCUT2D eigenvalue weighted by atomic mass is 10.0. The average Bonchev–Trinajstić information content (AvgIpc) is 2.50. The quantitative estimate of drug-likeness (QED) is 0.819. The topological polar surface area (TPSA) is 66.9 Å². The van der Waals surface area contributed by atoms with Crippen molar-refractivity contribution < 1.29 is 17.9 Å². The molecule has 0 atom stereocenters. The molecule has 1 saturated heterocycles. The Labute approximate surface area is 138 Å². The van der Waals surface area contributed by atoms with Crippen LogP contribution < -0.4 is 4.74 Å². The Morgan fingerprint density at radius 3 is 2.22 bits per heavy atom. The Hall–Kier alpha value is -1.60. The number of nitrogens with zero attached hydrogens (tertiary/aromatic N) is 2. The highest BCUT2D eigenvalue weighted by molar-refractivity contribution is 7.88. The SMILES string of the molecule is COc1cc(C)c(C)cc1CC(=O)N1CCN(S(C)(=O)=O)CC1. The maximum Gasteiger partial charge on any atom is 0.227 e. The lowest BCUT2D eigenvalue weighted by molar-refractivity contribution is -0.131. The zero-order valence-corrected chi connectivity index (χ0v) is 14.9. The molecule has 1 aliphatic rings. The second kappa shape index (κ2) is 6.88. The second-order valence-corrected chi connectivity index (χ2v) is 7.95. The van der Waals surface area contributed by atoms with Crippen LogP contribution in [0, 0.1) is 13.8 Å². The summed E-state index contributed by atoms with van der Waals surface area (Å²) in [7, 11) is -1.58. The van der Waals surface area contributed by atoms with Gasteiger partial charge in [0.1, 0.15) is 5.75 Å². The maximum atomic E-state index is 12.5. The van der Waals surface area contributed by atoms with Crippen LogP contribution in [0.15, 0.2) is 12.1 Å². The van der Waals surface area contributed by atoms with Crippen molar-refractivity contribution in [1.82, 2.24) is 9.21 Å². The molecular formula is C16H24N2O4S. The maximum absolute atomic E-state index is 12.5. The molecule has 1 amide bonds. The number of aryl methyl sites for hydroxylation is 2. The first-order valence-electron chi connectivity index (χ1n) is 7.59. The Bertz CT molecular complexity index is 692. The molecule has 1 aromatic carbocycles. The van der Waals surface area contributed by atoms with Crippen LogP contribution in [-0.2, 0) is 21.2 Å². The highest BCUT2D eigenvalue weighted by atomic mass is 32.2. The van der Waals surface area contributed by atoms with Gasteiger partial charge in [0.2, 0.25) is 15.9 Å². The fourth-order valence-corrected chi connectivity index (χ4v) is 3.55. The number of carbonyl (C=O) groups is 1. The molecule has 2 rings (SSSR count). The number of methoxy groups -OCH3 is 1. The van der Waals surface area contributed by atoms with Crippen LogP contribution in [0.1, 0.15) is 16.7 Å². The highest BCUT2D eigenvalue weighted by Crippen LogP contribution is 2.24. The second-order valence-electron chi connectivity index (χ2n) is 5.97. The van der Waals surface area contributed by atoms with Crippen molar-refractivity contribution >= 4 is 15.9 Å². The predicted molar refractivity (Wildman–Crippen MR) is 89.2 cm³/mol. The Balaban J connectivity index is 2.05. The van der Waals surface area contributed by atoms with Crippen molar-refractivity contribution in [2.45, 2.75) is 20.3 Å². The number of ether oxygens (including phenoxy) is 1. The Kier molecular flexibility index (Phi) is 5.31. The van der Waals surface area contributed by atoms with Crippen molar-refractivity contribution in [3.05, 3.63) is 28.8 Å². The van der Waals surface area contributed by atoms with Gasteiger partial charge >= 0.3 is 0 Å². The summed E-state index contributed by atoms with van der Waals surface area (Å²) in [5.41, 5.74) is 3.11. The number of amides is 1. The van der Waals surface area contributed by atoms with Gasteiger partial charge < -0.3 is 9.64 Å². The standard InChI is InChI=1S/C16H24N2O4S/c1-12-9-14(15(22-3)10-13(12)2)11-16(19)17-5-7-18(8-6-17)23(4,20)21/h9-10H,5-8,11H2,1-4H3. The molecule has 0 N–H and O–H groups in total. The summed E-state index contributed by atoms with van der Waals surface area (Å²) in [5, 5.41) is 0. The number of piperazine rings is 1. The highest BCUT2D eigenvalue weighted by Gasteiger charge is 2.26. The molecule has 6 nitrogen and oxygen atoms in total. The summed E-state index contributed by atoms with van der Waals surface area (Å²) in [6.45, 7) is 5.59. The van der Waals surface area contributed by atoms with Gasteiger partial charge in [-0.1, -0.05) is 6.07 Å². The van der Waals surface area contributed by atoms with E-state index in [-0.39, 0.29) is 12.3 Å². The van der Waals surface area contributed by atoms with E-state index >= 15 is 0 Å². The molecule has 0 aliphatic carbocycles. The van der Waals surface area contributed by atoms with Crippen LogP contribution in [-0.4, -0.2) is 63.1 Å². The largest absolute Gasteiger partial charge is 0.496 e. The van der Waals surface area contributed by atoms with E-state index in [4.69, 9.17) is 4.74 Å². The van der Waals surface area contributed by atoms with E-state index in [0.29, 0.717) is 26.2 Å². The molecule has 128 valence electrons. The lowest BCUT2D eigenvalue weighted by Crippen LogP contribution is -2.50. The van der Waals surface area contributed by atoms with E-state index in [2.05, 4.69) is 0 Å². The number of benzene rings is 1. The third-order valence-electron chi connectivity index (χ3n) is 4.30. The van der Waals surface area contributed by atoms with Crippen LogP contribution in [0.4, 0.5) is 0 Å². The summed E-state index contributed by atoms with van der Waals surface area (Å²) in [6, 6.07) is 3.93. The van der Waals surface area contributed by atoms with Crippen LogP contribution in [0.5, 0.6) is 5.75 Å².